The molecule has 0 atom stereocenters. The minimum absolute atomic E-state index is 0.362. The molecular formula is C19H18N2O4S. The molecule has 0 radical (unpaired) electrons. The van der Waals surface area contributed by atoms with E-state index in [0.717, 1.165) is 10.2 Å². The molecule has 134 valence electrons. The van der Waals surface area contributed by atoms with Crippen molar-refractivity contribution in [3.8, 4) is 0 Å². The molecule has 0 saturated heterocycles. The van der Waals surface area contributed by atoms with Crippen molar-refractivity contribution in [3.63, 3.8) is 0 Å². The molecule has 7 heteroatoms. The smallest absolute Gasteiger partial charge is 0.337 e. The molecule has 1 aromatic heterocycles. The molecular weight excluding hydrogens is 352 g/mol. The average molecular weight is 370 g/mol. The van der Waals surface area contributed by atoms with Gasteiger partial charge in [-0.1, -0.05) is 23.5 Å². The van der Waals surface area contributed by atoms with E-state index in [9.17, 15) is 9.59 Å². The zero-order valence-corrected chi connectivity index (χ0v) is 15.3. The van der Waals surface area contributed by atoms with Crippen molar-refractivity contribution in [2.24, 2.45) is 4.99 Å². The Morgan fingerprint density at radius 2 is 1.73 bits per heavy atom. The van der Waals surface area contributed by atoms with Gasteiger partial charge in [0.25, 0.3) is 5.91 Å². The molecule has 0 spiro atoms. The number of hydrogen-bond donors (Lipinski definition) is 0. The minimum atomic E-state index is -0.442. The van der Waals surface area contributed by atoms with Crippen LogP contribution in [0.2, 0.25) is 0 Å². The summed E-state index contributed by atoms with van der Waals surface area (Å²) in [6.07, 6.45) is 0. The molecule has 3 aromatic rings. The van der Waals surface area contributed by atoms with Crippen LogP contribution in [0.5, 0.6) is 0 Å². The fourth-order valence-electron chi connectivity index (χ4n) is 2.52. The summed E-state index contributed by atoms with van der Waals surface area (Å²) in [5.41, 5.74) is 1.82. The Bertz CT molecular complexity index is 1000. The van der Waals surface area contributed by atoms with Gasteiger partial charge >= 0.3 is 5.97 Å². The number of rotatable bonds is 5. The molecule has 0 aliphatic rings. The molecule has 0 unspecified atom stereocenters. The SMILES string of the molecule is COCCn1c(=NC(=O)c2ccc(C(=O)OC)cc2)sc2ccccc21. The van der Waals surface area contributed by atoms with Gasteiger partial charge in [-0.05, 0) is 36.4 Å². The number of benzene rings is 2. The summed E-state index contributed by atoms with van der Waals surface area (Å²) < 4.78 is 12.9. The Hall–Kier alpha value is -2.77. The van der Waals surface area contributed by atoms with E-state index in [0.29, 0.717) is 29.1 Å². The van der Waals surface area contributed by atoms with Crippen LogP contribution in [0.3, 0.4) is 0 Å². The van der Waals surface area contributed by atoms with Gasteiger partial charge in [-0.3, -0.25) is 4.79 Å². The van der Waals surface area contributed by atoms with Crippen molar-refractivity contribution >= 4 is 33.4 Å². The lowest BCUT2D eigenvalue weighted by Gasteiger charge is -2.04. The predicted octanol–water partition coefficient (Wildman–Crippen LogP) is 2.88. The highest BCUT2D eigenvalue weighted by molar-refractivity contribution is 7.16. The van der Waals surface area contributed by atoms with Crippen LogP contribution in [0.1, 0.15) is 20.7 Å². The van der Waals surface area contributed by atoms with Crippen LogP contribution in [0, 0.1) is 0 Å². The summed E-state index contributed by atoms with van der Waals surface area (Å²) in [7, 11) is 2.96. The number of nitrogens with zero attached hydrogens (tertiary/aromatic N) is 2. The van der Waals surface area contributed by atoms with Crippen LogP contribution in [0.25, 0.3) is 10.2 Å². The number of carbonyl (C=O) groups excluding carboxylic acids is 2. The third kappa shape index (κ3) is 3.74. The number of fused-ring (bicyclic) bond motifs is 1. The molecule has 0 aliphatic heterocycles. The summed E-state index contributed by atoms with van der Waals surface area (Å²) in [4.78, 5) is 28.9. The topological polar surface area (TPSA) is 69.9 Å². The molecule has 1 amide bonds. The number of carbonyl (C=O) groups is 2. The predicted molar refractivity (Wildman–Crippen MR) is 99.4 cm³/mol. The van der Waals surface area contributed by atoms with Crippen LogP contribution in [-0.2, 0) is 16.0 Å². The molecule has 26 heavy (non-hydrogen) atoms. The van der Waals surface area contributed by atoms with Crippen molar-refractivity contribution in [1.82, 2.24) is 4.57 Å². The highest BCUT2D eigenvalue weighted by atomic mass is 32.1. The normalized spacial score (nSPS) is 11.7. The van der Waals surface area contributed by atoms with E-state index < -0.39 is 5.97 Å². The number of ether oxygens (including phenoxy) is 2. The number of amides is 1. The number of thiazole rings is 1. The molecule has 0 saturated carbocycles. The second kappa shape index (κ2) is 8.07. The van der Waals surface area contributed by atoms with Crippen molar-refractivity contribution < 1.29 is 19.1 Å². The van der Waals surface area contributed by atoms with E-state index in [1.165, 1.54) is 18.4 Å². The largest absolute Gasteiger partial charge is 0.465 e. The maximum Gasteiger partial charge on any atom is 0.337 e. The number of aromatic nitrogens is 1. The van der Waals surface area contributed by atoms with Crippen molar-refractivity contribution in [2.45, 2.75) is 6.54 Å². The molecule has 1 heterocycles. The number of methoxy groups -OCH3 is 2. The van der Waals surface area contributed by atoms with Crippen molar-refractivity contribution in [3.05, 3.63) is 64.5 Å². The quantitative estimate of drug-likeness (QED) is 0.648. The van der Waals surface area contributed by atoms with Crippen LogP contribution in [-0.4, -0.2) is 37.3 Å². The van der Waals surface area contributed by atoms with Gasteiger partial charge in [0.05, 0.1) is 29.5 Å². The van der Waals surface area contributed by atoms with Crippen LogP contribution in [0.15, 0.2) is 53.5 Å². The highest BCUT2D eigenvalue weighted by Gasteiger charge is 2.10. The van der Waals surface area contributed by atoms with Gasteiger partial charge in [0.15, 0.2) is 4.80 Å². The molecule has 3 rings (SSSR count). The Morgan fingerprint density at radius 1 is 1.04 bits per heavy atom. The van der Waals surface area contributed by atoms with Gasteiger partial charge in [-0.2, -0.15) is 4.99 Å². The van der Waals surface area contributed by atoms with Gasteiger partial charge < -0.3 is 14.0 Å². The van der Waals surface area contributed by atoms with Crippen LogP contribution < -0.4 is 4.80 Å². The summed E-state index contributed by atoms with van der Waals surface area (Å²) in [5, 5.41) is 0. The lowest BCUT2D eigenvalue weighted by Crippen LogP contribution is -2.19. The van der Waals surface area contributed by atoms with Gasteiger partial charge in [0, 0.05) is 19.2 Å². The van der Waals surface area contributed by atoms with Gasteiger partial charge in [-0.25, -0.2) is 4.79 Å². The summed E-state index contributed by atoms with van der Waals surface area (Å²) in [5.74, 6) is -0.804. The minimum Gasteiger partial charge on any atom is -0.465 e. The first kappa shape index (κ1) is 18.0. The molecule has 0 aliphatic carbocycles. The Labute approximate surface area is 154 Å². The van der Waals surface area contributed by atoms with Crippen molar-refractivity contribution in [1.29, 1.82) is 0 Å². The first-order valence-electron chi connectivity index (χ1n) is 7.99. The second-order valence-electron chi connectivity index (χ2n) is 5.48. The Kier molecular flexibility index (Phi) is 5.60. The highest BCUT2D eigenvalue weighted by Crippen LogP contribution is 2.17. The van der Waals surface area contributed by atoms with E-state index in [-0.39, 0.29) is 5.91 Å². The maximum absolute atomic E-state index is 12.5. The van der Waals surface area contributed by atoms with E-state index in [1.54, 1.807) is 31.4 Å². The van der Waals surface area contributed by atoms with E-state index in [2.05, 4.69) is 9.73 Å². The Morgan fingerprint density at radius 3 is 2.42 bits per heavy atom. The lowest BCUT2D eigenvalue weighted by atomic mass is 10.1. The first-order chi connectivity index (χ1) is 12.6. The Balaban J connectivity index is 1.98. The number of para-hydroxylation sites is 1. The fraction of sp³-hybridized carbons (Fsp3) is 0.211. The fourth-order valence-corrected chi connectivity index (χ4v) is 3.58. The number of hydrogen-bond acceptors (Lipinski definition) is 5. The average Bonchev–Trinajstić information content (AvgIpc) is 3.02. The first-order valence-corrected chi connectivity index (χ1v) is 8.80. The summed E-state index contributed by atoms with van der Waals surface area (Å²) in [6.45, 7) is 1.13. The van der Waals surface area contributed by atoms with Gasteiger partial charge in [0.1, 0.15) is 0 Å². The van der Waals surface area contributed by atoms with E-state index in [1.807, 2.05) is 28.8 Å². The molecule has 0 bridgehead atoms. The van der Waals surface area contributed by atoms with Crippen LogP contribution in [0.4, 0.5) is 0 Å². The monoisotopic (exact) mass is 370 g/mol. The van der Waals surface area contributed by atoms with E-state index in [4.69, 9.17) is 4.74 Å². The summed E-state index contributed by atoms with van der Waals surface area (Å²) in [6, 6.07) is 14.2. The van der Waals surface area contributed by atoms with Crippen LogP contribution >= 0.6 is 11.3 Å². The summed E-state index contributed by atoms with van der Waals surface area (Å²) >= 11 is 1.45. The van der Waals surface area contributed by atoms with Gasteiger partial charge in [-0.15, -0.1) is 0 Å². The van der Waals surface area contributed by atoms with Gasteiger partial charge in [0.2, 0.25) is 0 Å². The third-order valence-electron chi connectivity index (χ3n) is 3.86. The zero-order chi connectivity index (χ0) is 18.5. The molecule has 6 nitrogen and oxygen atoms in total. The maximum atomic E-state index is 12.5. The number of esters is 1. The third-order valence-corrected chi connectivity index (χ3v) is 4.92. The zero-order valence-electron chi connectivity index (χ0n) is 14.5. The van der Waals surface area contributed by atoms with E-state index >= 15 is 0 Å². The second-order valence-corrected chi connectivity index (χ2v) is 6.49. The standard InChI is InChI=1S/C19H18N2O4S/c1-24-12-11-21-15-5-3-4-6-16(15)26-19(21)20-17(22)13-7-9-14(10-8-13)18(23)25-2/h3-10H,11-12H2,1-2H3. The van der Waals surface area contributed by atoms with Crippen molar-refractivity contribution in [2.75, 3.05) is 20.8 Å². The molecule has 0 N–H and O–H groups in total. The molecule has 2 aromatic carbocycles. The molecule has 0 fully saturated rings. The lowest BCUT2D eigenvalue weighted by molar-refractivity contribution is 0.0600.